The van der Waals surface area contributed by atoms with E-state index in [-0.39, 0.29) is 0 Å². The molecule has 0 atom stereocenters. The molecule has 0 aliphatic carbocycles. The normalized spacial score (nSPS) is 10.2. The lowest BCUT2D eigenvalue weighted by Gasteiger charge is -2.08. The highest BCUT2D eigenvalue weighted by Crippen LogP contribution is 2.20. The Morgan fingerprint density at radius 3 is 2.89 bits per heavy atom. The summed E-state index contributed by atoms with van der Waals surface area (Å²) in [5.74, 6) is 0.253. The van der Waals surface area contributed by atoms with Crippen LogP contribution in [0.3, 0.4) is 0 Å². The van der Waals surface area contributed by atoms with E-state index in [0.29, 0.717) is 23.6 Å². The summed E-state index contributed by atoms with van der Waals surface area (Å²) in [4.78, 5) is 15.4. The van der Waals surface area contributed by atoms with Gasteiger partial charge in [0.25, 0.3) is 0 Å². The van der Waals surface area contributed by atoms with E-state index in [1.165, 1.54) is 7.11 Å². The van der Waals surface area contributed by atoms with E-state index >= 15 is 0 Å². The number of aryl methyl sites for hydroxylation is 1. The third kappa shape index (κ3) is 3.01. The van der Waals surface area contributed by atoms with E-state index in [0.717, 1.165) is 5.69 Å². The molecule has 2 aromatic rings. The third-order valence-corrected chi connectivity index (χ3v) is 2.56. The summed E-state index contributed by atoms with van der Waals surface area (Å²) in [6.45, 7) is 0.461. The van der Waals surface area contributed by atoms with Gasteiger partial charge < -0.3 is 15.8 Å². The van der Waals surface area contributed by atoms with Crippen LogP contribution in [0.2, 0.25) is 0 Å². The Bertz CT molecular complexity index is 594. The Kier molecular flexibility index (Phi) is 3.65. The van der Waals surface area contributed by atoms with Gasteiger partial charge in [0.05, 0.1) is 30.6 Å². The first-order valence-electron chi connectivity index (χ1n) is 5.66. The molecule has 0 spiro atoms. The second kappa shape index (κ2) is 5.38. The van der Waals surface area contributed by atoms with Crippen LogP contribution in [0.1, 0.15) is 16.2 Å². The van der Waals surface area contributed by atoms with Gasteiger partial charge in [-0.2, -0.15) is 5.10 Å². The molecule has 0 unspecified atom stereocenters. The number of ether oxygens (including phenoxy) is 1. The first-order valence-corrected chi connectivity index (χ1v) is 5.66. The average Bonchev–Trinajstić information content (AvgIpc) is 2.82. The number of hydrogen-bond donors (Lipinski definition) is 2. The van der Waals surface area contributed by atoms with E-state index in [1.54, 1.807) is 36.3 Å². The Hall–Kier alpha value is -2.57. The molecule has 0 aliphatic heterocycles. The molecule has 0 bridgehead atoms. The van der Waals surface area contributed by atoms with Crippen LogP contribution in [0.15, 0.2) is 24.5 Å². The van der Waals surface area contributed by atoms with Crippen molar-refractivity contribution < 1.29 is 9.53 Å². The summed E-state index contributed by atoms with van der Waals surface area (Å²) < 4.78 is 6.25. The maximum atomic E-state index is 11.3. The highest BCUT2D eigenvalue weighted by atomic mass is 16.5. The number of esters is 1. The number of nitrogens with one attached hydrogen (secondary N) is 1. The SMILES string of the molecule is COC(=O)c1ccc(NCc2ncn(C)n2)c(N)c1. The van der Waals surface area contributed by atoms with Gasteiger partial charge in [-0.3, -0.25) is 4.68 Å². The van der Waals surface area contributed by atoms with Gasteiger partial charge in [0.2, 0.25) is 0 Å². The Morgan fingerprint density at radius 1 is 1.53 bits per heavy atom. The van der Waals surface area contributed by atoms with E-state index in [4.69, 9.17) is 5.73 Å². The van der Waals surface area contributed by atoms with Gasteiger partial charge in [-0.25, -0.2) is 9.78 Å². The number of aromatic nitrogens is 3. The van der Waals surface area contributed by atoms with Gasteiger partial charge in [0, 0.05) is 7.05 Å². The number of nitrogens with zero attached hydrogens (tertiary/aromatic N) is 3. The molecule has 1 aromatic carbocycles. The maximum absolute atomic E-state index is 11.3. The number of methoxy groups -OCH3 is 1. The van der Waals surface area contributed by atoms with Crippen molar-refractivity contribution in [2.45, 2.75) is 6.54 Å². The molecular formula is C12H15N5O2. The van der Waals surface area contributed by atoms with Gasteiger partial charge in [-0.1, -0.05) is 0 Å². The van der Waals surface area contributed by atoms with Gasteiger partial charge in [0.15, 0.2) is 5.82 Å². The smallest absolute Gasteiger partial charge is 0.337 e. The molecule has 1 heterocycles. The molecule has 100 valence electrons. The first-order chi connectivity index (χ1) is 9.10. The maximum Gasteiger partial charge on any atom is 0.337 e. The minimum absolute atomic E-state index is 0.412. The van der Waals surface area contributed by atoms with Crippen LogP contribution in [-0.2, 0) is 18.3 Å². The minimum Gasteiger partial charge on any atom is -0.465 e. The van der Waals surface area contributed by atoms with Crippen molar-refractivity contribution >= 4 is 17.3 Å². The van der Waals surface area contributed by atoms with Crippen LogP contribution in [0, 0.1) is 0 Å². The van der Waals surface area contributed by atoms with Crippen LogP contribution in [0.4, 0.5) is 11.4 Å². The van der Waals surface area contributed by atoms with Crippen molar-refractivity contribution in [2.75, 3.05) is 18.2 Å². The monoisotopic (exact) mass is 261 g/mol. The molecule has 2 rings (SSSR count). The quantitative estimate of drug-likeness (QED) is 0.624. The number of benzene rings is 1. The number of carbonyl (C=O) groups excluding carboxylic acids is 1. The fourth-order valence-electron chi connectivity index (χ4n) is 1.61. The molecule has 19 heavy (non-hydrogen) atoms. The van der Waals surface area contributed by atoms with E-state index in [1.807, 2.05) is 0 Å². The molecule has 0 aliphatic rings. The van der Waals surface area contributed by atoms with Crippen molar-refractivity contribution in [1.29, 1.82) is 0 Å². The van der Waals surface area contributed by atoms with Crippen LogP contribution in [0.25, 0.3) is 0 Å². The average molecular weight is 261 g/mol. The van der Waals surface area contributed by atoms with Gasteiger partial charge in [-0.15, -0.1) is 0 Å². The molecule has 0 saturated heterocycles. The summed E-state index contributed by atoms with van der Waals surface area (Å²) in [7, 11) is 3.13. The fraction of sp³-hybridized carbons (Fsp3) is 0.250. The van der Waals surface area contributed by atoms with Crippen LogP contribution >= 0.6 is 0 Å². The molecule has 0 fully saturated rings. The number of hydrogen-bond acceptors (Lipinski definition) is 6. The summed E-state index contributed by atoms with van der Waals surface area (Å²) >= 11 is 0. The summed E-state index contributed by atoms with van der Waals surface area (Å²) in [5, 5.41) is 7.25. The van der Waals surface area contributed by atoms with Crippen LogP contribution < -0.4 is 11.1 Å². The van der Waals surface area contributed by atoms with Crippen LogP contribution in [-0.4, -0.2) is 27.8 Å². The highest BCUT2D eigenvalue weighted by molar-refractivity contribution is 5.91. The third-order valence-electron chi connectivity index (χ3n) is 2.56. The molecule has 7 nitrogen and oxygen atoms in total. The molecule has 3 N–H and O–H groups in total. The number of anilines is 2. The zero-order chi connectivity index (χ0) is 13.8. The van der Waals surface area contributed by atoms with E-state index in [9.17, 15) is 4.79 Å². The lowest BCUT2D eigenvalue weighted by atomic mass is 10.1. The van der Waals surface area contributed by atoms with E-state index < -0.39 is 5.97 Å². The van der Waals surface area contributed by atoms with Crippen molar-refractivity contribution in [2.24, 2.45) is 7.05 Å². The first kappa shape index (κ1) is 12.9. The second-order valence-corrected chi connectivity index (χ2v) is 3.98. The minimum atomic E-state index is -0.412. The summed E-state index contributed by atoms with van der Waals surface area (Å²) in [6, 6.07) is 4.95. The summed E-state index contributed by atoms with van der Waals surface area (Å²) in [5.41, 5.74) is 7.48. The molecule has 0 saturated carbocycles. The fourth-order valence-corrected chi connectivity index (χ4v) is 1.61. The molecule has 1 aromatic heterocycles. The lowest BCUT2D eigenvalue weighted by Crippen LogP contribution is -2.07. The van der Waals surface area contributed by atoms with Crippen molar-refractivity contribution in [3.63, 3.8) is 0 Å². The number of nitrogen functional groups attached to an aromatic ring is 1. The zero-order valence-electron chi connectivity index (χ0n) is 10.8. The Balaban J connectivity index is 2.07. The number of nitrogens with two attached hydrogens (primary N) is 1. The second-order valence-electron chi connectivity index (χ2n) is 3.98. The largest absolute Gasteiger partial charge is 0.465 e. The van der Waals surface area contributed by atoms with Gasteiger partial charge >= 0.3 is 5.97 Å². The molecular weight excluding hydrogens is 246 g/mol. The molecule has 0 amide bonds. The van der Waals surface area contributed by atoms with Gasteiger partial charge in [-0.05, 0) is 18.2 Å². The number of rotatable bonds is 4. The predicted octanol–water partition coefficient (Wildman–Crippen LogP) is 0.796. The molecule has 7 heteroatoms. The van der Waals surface area contributed by atoms with Crippen molar-refractivity contribution in [3.05, 3.63) is 35.9 Å². The summed E-state index contributed by atoms with van der Waals surface area (Å²) in [6.07, 6.45) is 1.63. The van der Waals surface area contributed by atoms with Crippen molar-refractivity contribution in [3.8, 4) is 0 Å². The Labute approximate surface area is 110 Å². The van der Waals surface area contributed by atoms with E-state index in [2.05, 4.69) is 20.1 Å². The van der Waals surface area contributed by atoms with Gasteiger partial charge in [0.1, 0.15) is 6.33 Å². The number of carbonyl (C=O) groups is 1. The standard InChI is InChI=1S/C12H15N5O2/c1-17-7-15-11(16-17)6-14-10-4-3-8(5-9(10)13)12(18)19-2/h3-5,7,14H,6,13H2,1-2H3. The van der Waals surface area contributed by atoms with Crippen LogP contribution in [0.5, 0.6) is 0 Å². The molecule has 0 radical (unpaired) electrons. The zero-order valence-corrected chi connectivity index (χ0v) is 10.8. The topological polar surface area (TPSA) is 95.1 Å². The lowest BCUT2D eigenvalue weighted by molar-refractivity contribution is 0.0601. The highest BCUT2D eigenvalue weighted by Gasteiger charge is 2.08. The predicted molar refractivity (Wildman–Crippen MR) is 70.5 cm³/mol. The Morgan fingerprint density at radius 2 is 2.32 bits per heavy atom. The van der Waals surface area contributed by atoms with Crippen molar-refractivity contribution in [1.82, 2.24) is 14.8 Å².